The zero-order valence-electron chi connectivity index (χ0n) is 9.55. The fraction of sp³-hybridized carbons (Fsp3) is 0.727. The van der Waals surface area contributed by atoms with E-state index in [1.807, 2.05) is 13.8 Å². The lowest BCUT2D eigenvalue weighted by atomic mass is 10.0. The van der Waals surface area contributed by atoms with E-state index in [0.717, 1.165) is 23.7 Å². The molecule has 1 amide bonds. The molecule has 0 bridgehead atoms. The summed E-state index contributed by atoms with van der Waals surface area (Å²) in [5, 5.41) is 2.80. The number of hydrogen-bond donors (Lipinski definition) is 2. The van der Waals surface area contributed by atoms with Gasteiger partial charge in [-0.1, -0.05) is 35.9 Å². The number of carbonyl (C=O) groups excluding carboxylic acids is 1. The summed E-state index contributed by atoms with van der Waals surface area (Å²) in [6.07, 6.45) is 2.87. The highest BCUT2D eigenvalue weighted by atomic mass is 79.9. The van der Waals surface area contributed by atoms with Gasteiger partial charge in [-0.05, 0) is 19.8 Å². The van der Waals surface area contributed by atoms with Crippen molar-refractivity contribution in [2.24, 2.45) is 11.7 Å². The topological polar surface area (TPSA) is 55.1 Å². The van der Waals surface area contributed by atoms with Crippen LogP contribution < -0.4 is 11.1 Å². The Labute approximate surface area is 101 Å². The molecule has 0 radical (unpaired) electrons. The van der Waals surface area contributed by atoms with E-state index in [-0.39, 0.29) is 17.9 Å². The first-order chi connectivity index (χ1) is 6.93. The number of halogens is 1. The van der Waals surface area contributed by atoms with Crippen molar-refractivity contribution in [1.29, 1.82) is 0 Å². The van der Waals surface area contributed by atoms with Crippen molar-refractivity contribution >= 4 is 21.8 Å². The minimum atomic E-state index is 0.0515. The van der Waals surface area contributed by atoms with Crippen molar-refractivity contribution < 1.29 is 4.79 Å². The van der Waals surface area contributed by atoms with Crippen LogP contribution in [0.15, 0.2) is 11.1 Å². The maximum Gasteiger partial charge on any atom is 0.223 e. The predicted molar refractivity (Wildman–Crippen MR) is 67.7 cm³/mol. The second-order valence-electron chi connectivity index (χ2n) is 4.04. The van der Waals surface area contributed by atoms with Crippen LogP contribution >= 0.6 is 15.9 Å². The Morgan fingerprint density at radius 2 is 2.07 bits per heavy atom. The number of amides is 1. The maximum absolute atomic E-state index is 11.5. The molecule has 3 N–H and O–H groups in total. The molecule has 3 nitrogen and oxygen atoms in total. The van der Waals surface area contributed by atoms with Gasteiger partial charge in [-0.2, -0.15) is 0 Å². The Balaban J connectivity index is 3.64. The zero-order chi connectivity index (χ0) is 11.8. The third-order valence-electron chi connectivity index (χ3n) is 2.20. The number of hydrogen-bond acceptors (Lipinski definition) is 2. The first kappa shape index (κ1) is 14.6. The summed E-state index contributed by atoms with van der Waals surface area (Å²) in [5.74, 6) is 0.135. The third kappa shape index (κ3) is 8.63. The molecule has 0 heterocycles. The van der Waals surface area contributed by atoms with Gasteiger partial charge in [-0.15, -0.1) is 0 Å². The molecule has 4 heteroatoms. The number of carbonyl (C=O) groups is 1. The summed E-state index contributed by atoms with van der Waals surface area (Å²) < 4.78 is 0.790. The van der Waals surface area contributed by atoms with E-state index in [1.165, 1.54) is 0 Å². The van der Waals surface area contributed by atoms with E-state index in [1.54, 1.807) is 0 Å². The highest BCUT2D eigenvalue weighted by Gasteiger charge is 2.11. The SMILES string of the molecule is C=C(Br)CNC(=O)C(C)CCCC(C)N. The van der Waals surface area contributed by atoms with Gasteiger partial charge in [0.05, 0.1) is 0 Å². The van der Waals surface area contributed by atoms with E-state index in [9.17, 15) is 4.79 Å². The minimum absolute atomic E-state index is 0.0515. The largest absolute Gasteiger partial charge is 0.351 e. The van der Waals surface area contributed by atoms with Crippen molar-refractivity contribution in [3.8, 4) is 0 Å². The van der Waals surface area contributed by atoms with Crippen molar-refractivity contribution in [2.75, 3.05) is 6.54 Å². The van der Waals surface area contributed by atoms with E-state index >= 15 is 0 Å². The average Bonchev–Trinajstić information content (AvgIpc) is 2.13. The smallest absolute Gasteiger partial charge is 0.223 e. The third-order valence-corrected chi connectivity index (χ3v) is 2.48. The van der Waals surface area contributed by atoms with Gasteiger partial charge < -0.3 is 11.1 Å². The molecule has 0 aromatic rings. The highest BCUT2D eigenvalue weighted by molar-refractivity contribution is 9.11. The molecular formula is C11H21BrN2O. The molecule has 0 saturated carbocycles. The van der Waals surface area contributed by atoms with Gasteiger partial charge >= 0.3 is 0 Å². The summed E-state index contributed by atoms with van der Waals surface area (Å²) in [6, 6.07) is 0.225. The molecule has 0 fully saturated rings. The van der Waals surface area contributed by atoms with Crippen molar-refractivity contribution in [2.45, 2.75) is 39.2 Å². The summed E-state index contributed by atoms with van der Waals surface area (Å²) in [6.45, 7) is 8.08. The van der Waals surface area contributed by atoms with Gasteiger partial charge in [0.25, 0.3) is 0 Å². The van der Waals surface area contributed by atoms with Gasteiger partial charge in [0.15, 0.2) is 0 Å². The molecule has 0 saturated heterocycles. The van der Waals surface area contributed by atoms with Crippen LogP contribution in [0.4, 0.5) is 0 Å². The second kappa shape index (κ2) is 7.88. The van der Waals surface area contributed by atoms with E-state index < -0.39 is 0 Å². The van der Waals surface area contributed by atoms with Crippen LogP contribution in [0.5, 0.6) is 0 Å². The summed E-state index contributed by atoms with van der Waals surface area (Å²) >= 11 is 3.20. The Morgan fingerprint density at radius 1 is 1.47 bits per heavy atom. The molecule has 0 aliphatic heterocycles. The lowest BCUT2D eigenvalue weighted by Crippen LogP contribution is -2.30. The molecule has 0 aromatic carbocycles. The highest BCUT2D eigenvalue weighted by Crippen LogP contribution is 2.09. The lowest BCUT2D eigenvalue weighted by molar-refractivity contribution is -0.124. The second-order valence-corrected chi connectivity index (χ2v) is 5.17. The van der Waals surface area contributed by atoms with Crippen LogP contribution in [0.25, 0.3) is 0 Å². The van der Waals surface area contributed by atoms with Crippen LogP contribution in [0.1, 0.15) is 33.1 Å². The van der Waals surface area contributed by atoms with Crippen molar-refractivity contribution in [1.82, 2.24) is 5.32 Å². The monoisotopic (exact) mass is 276 g/mol. The van der Waals surface area contributed by atoms with Gasteiger partial charge in [-0.3, -0.25) is 4.79 Å². The van der Waals surface area contributed by atoms with Crippen LogP contribution in [-0.4, -0.2) is 18.5 Å². The summed E-state index contributed by atoms with van der Waals surface area (Å²) in [4.78, 5) is 11.5. The number of nitrogens with two attached hydrogens (primary N) is 1. The summed E-state index contributed by atoms with van der Waals surface area (Å²) in [7, 11) is 0. The minimum Gasteiger partial charge on any atom is -0.351 e. The van der Waals surface area contributed by atoms with Gasteiger partial charge in [0.1, 0.15) is 0 Å². The number of rotatable bonds is 7. The van der Waals surface area contributed by atoms with E-state index in [2.05, 4.69) is 27.8 Å². The van der Waals surface area contributed by atoms with Crippen molar-refractivity contribution in [3.63, 3.8) is 0 Å². The van der Waals surface area contributed by atoms with E-state index in [4.69, 9.17) is 5.73 Å². The van der Waals surface area contributed by atoms with Crippen LogP contribution in [0, 0.1) is 5.92 Å². The maximum atomic E-state index is 11.5. The molecule has 2 atom stereocenters. The predicted octanol–water partition coefficient (Wildman–Crippen LogP) is 2.16. The molecule has 88 valence electrons. The molecule has 0 aromatic heterocycles. The van der Waals surface area contributed by atoms with Crippen LogP contribution in [-0.2, 0) is 4.79 Å². The standard InChI is InChI=1S/C11H21BrN2O/c1-8(5-4-6-10(3)13)11(15)14-7-9(2)12/h8,10H,2,4-7,13H2,1,3H3,(H,14,15). The van der Waals surface area contributed by atoms with Gasteiger partial charge in [0, 0.05) is 23.0 Å². The molecule has 15 heavy (non-hydrogen) atoms. The fourth-order valence-corrected chi connectivity index (χ4v) is 1.37. The first-order valence-corrected chi connectivity index (χ1v) is 6.09. The van der Waals surface area contributed by atoms with Crippen molar-refractivity contribution in [3.05, 3.63) is 11.1 Å². The van der Waals surface area contributed by atoms with E-state index in [0.29, 0.717) is 6.54 Å². The zero-order valence-corrected chi connectivity index (χ0v) is 11.1. The Morgan fingerprint density at radius 3 is 2.53 bits per heavy atom. The first-order valence-electron chi connectivity index (χ1n) is 5.30. The lowest BCUT2D eigenvalue weighted by Gasteiger charge is -2.12. The quantitative estimate of drug-likeness (QED) is 0.749. The molecule has 0 spiro atoms. The molecule has 0 aliphatic carbocycles. The average molecular weight is 277 g/mol. The summed E-state index contributed by atoms with van der Waals surface area (Å²) in [5.41, 5.74) is 5.63. The molecule has 0 rings (SSSR count). The molecule has 2 unspecified atom stereocenters. The molecular weight excluding hydrogens is 256 g/mol. The number of nitrogens with one attached hydrogen (secondary N) is 1. The Kier molecular flexibility index (Phi) is 7.70. The Hall–Kier alpha value is -0.350. The van der Waals surface area contributed by atoms with Gasteiger partial charge in [0.2, 0.25) is 5.91 Å². The van der Waals surface area contributed by atoms with Crippen LogP contribution in [0.3, 0.4) is 0 Å². The Bertz CT molecular complexity index is 217. The normalized spacial score (nSPS) is 14.4. The van der Waals surface area contributed by atoms with Crippen LogP contribution in [0.2, 0.25) is 0 Å². The molecule has 0 aliphatic rings. The fourth-order valence-electron chi connectivity index (χ4n) is 1.23. The van der Waals surface area contributed by atoms with Gasteiger partial charge in [-0.25, -0.2) is 0 Å².